The number of hydrogen-bond acceptors (Lipinski definition) is 4. The van der Waals surface area contributed by atoms with Crippen molar-refractivity contribution in [1.29, 1.82) is 0 Å². The van der Waals surface area contributed by atoms with E-state index in [9.17, 15) is 0 Å². The minimum atomic E-state index is 0.845. The molecule has 0 bridgehead atoms. The summed E-state index contributed by atoms with van der Waals surface area (Å²) in [7, 11) is 10.1. The molecule has 0 aliphatic carbocycles. The molecule has 5 nitrogen and oxygen atoms in total. The van der Waals surface area contributed by atoms with E-state index in [0.29, 0.717) is 0 Å². The van der Waals surface area contributed by atoms with E-state index >= 15 is 0 Å². The van der Waals surface area contributed by atoms with Crippen molar-refractivity contribution in [1.82, 2.24) is 0 Å². The van der Waals surface area contributed by atoms with Crippen LogP contribution >= 0.6 is 0 Å². The highest BCUT2D eigenvalue weighted by atomic mass is 15.2. The van der Waals surface area contributed by atoms with Crippen molar-refractivity contribution < 1.29 is 4.57 Å². The number of nitrogens with zero attached hydrogens (tertiary/aromatic N) is 5. The maximum atomic E-state index is 4.59. The van der Waals surface area contributed by atoms with Crippen molar-refractivity contribution in [2.45, 2.75) is 0 Å². The third-order valence-electron chi connectivity index (χ3n) is 4.64. The molecule has 0 unspecified atom stereocenters. The van der Waals surface area contributed by atoms with Gasteiger partial charge in [-0.2, -0.15) is 5.10 Å². The largest absolute Gasteiger partial charge is 0.378 e. The molecule has 0 radical (unpaired) electrons. The number of hydrogen-bond donors (Lipinski definition) is 0. The fraction of sp³-hybridized carbons (Fsp3) is 0.208. The van der Waals surface area contributed by atoms with Crippen molar-refractivity contribution in [3.05, 3.63) is 89.7 Å². The lowest BCUT2D eigenvalue weighted by molar-refractivity contribution is -0.671. The first kappa shape index (κ1) is 20.3. The molecular weight excluding hydrogens is 358 g/mol. The van der Waals surface area contributed by atoms with Crippen molar-refractivity contribution in [3.63, 3.8) is 0 Å². The average molecular weight is 387 g/mol. The van der Waals surface area contributed by atoms with Crippen LogP contribution < -0.4 is 14.4 Å². The molecule has 2 aromatic carbocycles. The molecule has 148 valence electrons. The molecule has 0 saturated heterocycles. The van der Waals surface area contributed by atoms with Crippen molar-refractivity contribution in [3.8, 4) is 0 Å². The predicted octanol–water partition coefficient (Wildman–Crippen LogP) is 3.51. The molecule has 3 aromatic rings. The Labute approximate surface area is 173 Å². The van der Waals surface area contributed by atoms with E-state index in [0.717, 1.165) is 33.8 Å². The quantitative estimate of drug-likeness (QED) is 0.369. The van der Waals surface area contributed by atoms with E-state index in [1.807, 2.05) is 64.3 Å². The number of aryl methyl sites for hydroxylation is 1. The smallest absolute Gasteiger partial charge is 0.177 e. The number of rotatable bonds is 6. The van der Waals surface area contributed by atoms with Gasteiger partial charge in [-0.15, -0.1) is 5.10 Å². The standard InChI is InChI=1S/C24H28N5/c1-27(2)22-12-8-20(9-13-22)24(21-10-14-23(15-11-21)28(3)4)26-25-17-19-7-6-16-29(5)18-19/h6-18H,1-5H3/q+1. The Balaban J connectivity index is 1.98. The maximum absolute atomic E-state index is 4.59. The lowest BCUT2D eigenvalue weighted by Crippen LogP contribution is -2.26. The molecular formula is C24H28N5+. The zero-order valence-electron chi connectivity index (χ0n) is 17.7. The summed E-state index contributed by atoms with van der Waals surface area (Å²) in [5.41, 5.74) is 6.21. The molecule has 0 spiro atoms. The lowest BCUT2D eigenvalue weighted by atomic mass is 10.0. The third-order valence-corrected chi connectivity index (χ3v) is 4.64. The van der Waals surface area contributed by atoms with Crippen LogP contribution in [0.1, 0.15) is 16.7 Å². The average Bonchev–Trinajstić information content (AvgIpc) is 2.71. The maximum Gasteiger partial charge on any atom is 0.177 e. The van der Waals surface area contributed by atoms with Gasteiger partial charge >= 0.3 is 0 Å². The second-order valence-corrected chi connectivity index (χ2v) is 7.38. The van der Waals surface area contributed by atoms with Crippen LogP contribution in [0.3, 0.4) is 0 Å². The van der Waals surface area contributed by atoms with Gasteiger partial charge in [0.05, 0.1) is 11.8 Å². The molecule has 0 N–H and O–H groups in total. The fourth-order valence-corrected chi connectivity index (χ4v) is 2.96. The highest BCUT2D eigenvalue weighted by Gasteiger charge is 2.09. The van der Waals surface area contributed by atoms with Crippen LogP contribution in [-0.2, 0) is 7.05 Å². The van der Waals surface area contributed by atoms with Crippen LogP contribution in [0, 0.1) is 0 Å². The molecule has 0 fully saturated rings. The van der Waals surface area contributed by atoms with Crippen LogP contribution in [-0.4, -0.2) is 40.1 Å². The van der Waals surface area contributed by atoms with E-state index in [1.165, 1.54) is 0 Å². The van der Waals surface area contributed by atoms with Gasteiger partial charge in [-0.05, 0) is 30.3 Å². The number of pyridine rings is 1. The summed E-state index contributed by atoms with van der Waals surface area (Å²) in [6, 6.07) is 20.7. The van der Waals surface area contributed by atoms with Gasteiger partial charge in [0.25, 0.3) is 0 Å². The predicted molar refractivity (Wildman–Crippen MR) is 122 cm³/mol. The van der Waals surface area contributed by atoms with E-state index in [4.69, 9.17) is 0 Å². The topological polar surface area (TPSA) is 35.1 Å². The zero-order valence-corrected chi connectivity index (χ0v) is 17.7. The zero-order chi connectivity index (χ0) is 20.8. The summed E-state index contributed by atoms with van der Waals surface area (Å²) in [6.45, 7) is 0. The van der Waals surface area contributed by atoms with Gasteiger partial charge in [0.1, 0.15) is 12.8 Å². The SMILES string of the molecule is CN(C)c1ccc(C(=NN=Cc2ccc[n+](C)c2)c2ccc(N(C)C)cc2)cc1. The Kier molecular flexibility index (Phi) is 6.39. The summed E-state index contributed by atoms with van der Waals surface area (Å²) in [5, 5.41) is 8.97. The summed E-state index contributed by atoms with van der Waals surface area (Å²) in [6.07, 6.45) is 5.78. The third kappa shape index (κ3) is 5.29. The van der Waals surface area contributed by atoms with Crippen molar-refractivity contribution in [2.24, 2.45) is 17.3 Å². The first-order chi connectivity index (χ1) is 13.9. The van der Waals surface area contributed by atoms with Crippen LogP contribution in [0.2, 0.25) is 0 Å². The molecule has 3 rings (SSSR count). The lowest BCUT2D eigenvalue weighted by Gasteiger charge is -2.15. The first-order valence-corrected chi connectivity index (χ1v) is 9.56. The van der Waals surface area contributed by atoms with Gasteiger partial charge in [-0.1, -0.05) is 24.3 Å². The fourth-order valence-electron chi connectivity index (χ4n) is 2.96. The van der Waals surface area contributed by atoms with E-state index < -0.39 is 0 Å². The van der Waals surface area contributed by atoms with Crippen LogP contribution in [0.5, 0.6) is 0 Å². The summed E-state index contributed by atoms with van der Waals surface area (Å²) in [5.74, 6) is 0. The summed E-state index contributed by atoms with van der Waals surface area (Å²) >= 11 is 0. The number of aromatic nitrogens is 1. The number of benzene rings is 2. The van der Waals surface area contributed by atoms with Gasteiger partial charge in [-0.25, -0.2) is 4.57 Å². The normalized spacial score (nSPS) is 10.8. The highest BCUT2D eigenvalue weighted by molar-refractivity contribution is 6.13. The van der Waals surface area contributed by atoms with Crippen LogP contribution in [0.4, 0.5) is 11.4 Å². The van der Waals surface area contributed by atoms with Gasteiger partial charge < -0.3 is 9.80 Å². The summed E-state index contributed by atoms with van der Waals surface area (Å²) in [4.78, 5) is 4.17. The van der Waals surface area contributed by atoms with Crippen LogP contribution in [0.15, 0.2) is 83.3 Å². The van der Waals surface area contributed by atoms with Gasteiger partial charge in [-0.3, -0.25) is 0 Å². The first-order valence-electron chi connectivity index (χ1n) is 9.56. The second-order valence-electron chi connectivity index (χ2n) is 7.38. The van der Waals surface area contributed by atoms with Gasteiger partial charge in [0, 0.05) is 56.8 Å². The van der Waals surface area contributed by atoms with Crippen molar-refractivity contribution in [2.75, 3.05) is 38.0 Å². The molecule has 0 atom stereocenters. The van der Waals surface area contributed by atoms with Gasteiger partial charge in [0.2, 0.25) is 0 Å². The minimum Gasteiger partial charge on any atom is -0.378 e. The molecule has 0 saturated carbocycles. The molecule has 5 heteroatoms. The Bertz CT molecular complexity index is 947. The van der Waals surface area contributed by atoms with E-state index in [-0.39, 0.29) is 0 Å². The Morgan fingerprint density at radius 1 is 0.793 bits per heavy atom. The summed E-state index contributed by atoms with van der Waals surface area (Å²) < 4.78 is 1.99. The Morgan fingerprint density at radius 3 is 1.76 bits per heavy atom. The van der Waals surface area contributed by atoms with E-state index in [2.05, 4.69) is 68.5 Å². The monoisotopic (exact) mass is 386 g/mol. The molecule has 29 heavy (non-hydrogen) atoms. The minimum absolute atomic E-state index is 0.845. The molecule has 0 amide bonds. The van der Waals surface area contributed by atoms with Crippen molar-refractivity contribution >= 4 is 23.3 Å². The highest BCUT2D eigenvalue weighted by Crippen LogP contribution is 2.19. The second kappa shape index (κ2) is 9.15. The van der Waals surface area contributed by atoms with Gasteiger partial charge in [0.15, 0.2) is 12.4 Å². The Hall–Kier alpha value is -3.47. The molecule has 1 heterocycles. The molecule has 1 aromatic heterocycles. The Morgan fingerprint density at radius 2 is 1.31 bits per heavy atom. The molecule has 0 aliphatic heterocycles. The number of anilines is 2. The molecule has 0 aliphatic rings. The van der Waals surface area contributed by atoms with Crippen LogP contribution in [0.25, 0.3) is 0 Å². The van der Waals surface area contributed by atoms with E-state index in [1.54, 1.807) is 6.21 Å².